The minimum absolute atomic E-state index is 0.258. The molecule has 4 nitrogen and oxygen atoms in total. The van der Waals surface area contributed by atoms with E-state index in [1.54, 1.807) is 0 Å². The minimum atomic E-state index is -0.258. The molecular weight excluding hydrogens is 749 g/mol. The maximum atomic E-state index is 14.0. The van der Waals surface area contributed by atoms with Gasteiger partial charge in [-0.2, -0.15) is 0 Å². The summed E-state index contributed by atoms with van der Waals surface area (Å²) in [6.45, 7) is 4.60. The normalized spacial score (nSPS) is 21.3. The molecule has 0 aromatic heterocycles. The Hall–Kier alpha value is -5.22. The second-order valence-corrected chi connectivity index (χ2v) is 18.5. The van der Waals surface area contributed by atoms with Crippen molar-refractivity contribution >= 4 is 33.5 Å². The molecule has 9 rings (SSSR count). The first kappa shape index (κ1) is 41.1. The molecule has 4 heteroatoms. The van der Waals surface area contributed by atoms with Gasteiger partial charge in [-0.25, -0.2) is 0 Å². The molecule has 314 valence electrons. The van der Waals surface area contributed by atoms with E-state index in [1.807, 2.05) is 12.1 Å². The average Bonchev–Trinajstić information content (AvgIpc) is 3.30. The number of benzene rings is 6. The zero-order valence-electron chi connectivity index (χ0n) is 36.4. The molecule has 0 radical (unpaired) electrons. The first-order valence-electron chi connectivity index (χ1n) is 23.7. The van der Waals surface area contributed by atoms with E-state index in [-0.39, 0.29) is 24.8 Å². The molecule has 6 aromatic rings. The van der Waals surface area contributed by atoms with Crippen molar-refractivity contribution in [2.75, 3.05) is 0 Å². The van der Waals surface area contributed by atoms with Crippen LogP contribution in [0.3, 0.4) is 0 Å². The number of ether oxygens (including phenoxy) is 2. The van der Waals surface area contributed by atoms with Crippen LogP contribution in [0.1, 0.15) is 146 Å². The predicted molar refractivity (Wildman–Crippen MR) is 251 cm³/mol. The molecule has 2 aliphatic carbocycles. The lowest BCUT2D eigenvalue weighted by Crippen LogP contribution is -2.13. The van der Waals surface area contributed by atoms with Crippen LogP contribution >= 0.6 is 0 Å². The van der Waals surface area contributed by atoms with Crippen molar-refractivity contribution in [3.63, 3.8) is 0 Å². The molecule has 3 aliphatic rings. The number of esters is 2. The molecule has 2 saturated carbocycles. The van der Waals surface area contributed by atoms with Gasteiger partial charge in [0.05, 0.1) is 0 Å². The van der Waals surface area contributed by atoms with Crippen LogP contribution in [0.4, 0.5) is 0 Å². The molecule has 2 fully saturated rings. The van der Waals surface area contributed by atoms with E-state index in [0.717, 1.165) is 73.2 Å². The number of fused-ring (bicyclic) bond motifs is 7. The summed E-state index contributed by atoms with van der Waals surface area (Å²) < 4.78 is 13.4. The quantitative estimate of drug-likeness (QED) is 0.113. The summed E-state index contributed by atoms with van der Waals surface area (Å²) in [5.74, 6) is 3.38. The van der Waals surface area contributed by atoms with Crippen LogP contribution in [0.2, 0.25) is 0 Å². The van der Waals surface area contributed by atoms with Crippen LogP contribution < -0.4 is 9.47 Å². The van der Waals surface area contributed by atoms with Crippen molar-refractivity contribution in [3.8, 4) is 44.9 Å². The van der Waals surface area contributed by atoms with E-state index in [0.29, 0.717) is 36.2 Å². The standard InChI is InChI=1S/C57H62O4/c1-3-12-38-20-24-40(25-21-38)42-28-32-44(33-29-42)50-36-46-14-8-10-16-48(46)54-55-49-17-11-9-15-47(49)37-51(57(55)61-53(59)19-7-5-6-18-52(58)60-56(50)54)45-34-30-43(31-35-45)41-26-22-39(13-4-2)23-27-41/h8-11,14-17,28-41H,3-7,12-13,18-27H2,1-2H3. The first-order chi connectivity index (χ1) is 30.0. The van der Waals surface area contributed by atoms with Crippen LogP contribution in [-0.4, -0.2) is 11.9 Å². The fraction of sp³-hybridized carbons (Fsp3) is 0.404. The van der Waals surface area contributed by atoms with Gasteiger partial charge in [-0.15, -0.1) is 0 Å². The van der Waals surface area contributed by atoms with Gasteiger partial charge in [-0.05, 0) is 144 Å². The highest BCUT2D eigenvalue weighted by Crippen LogP contribution is 2.53. The van der Waals surface area contributed by atoms with Crippen molar-refractivity contribution in [3.05, 3.63) is 120 Å². The Morgan fingerprint density at radius 1 is 0.475 bits per heavy atom. The van der Waals surface area contributed by atoms with Gasteiger partial charge < -0.3 is 9.47 Å². The lowest BCUT2D eigenvalue weighted by molar-refractivity contribution is -0.134. The Balaban J connectivity index is 1.22. The molecule has 1 heterocycles. The third-order valence-electron chi connectivity index (χ3n) is 14.4. The summed E-state index contributed by atoms with van der Waals surface area (Å²) >= 11 is 0. The SMILES string of the molecule is CCCC1CCC(c2ccc(-c3cc4ccccc4c4c3OC(=O)CCCCCC(=O)Oc3c(-c5ccc(C6CCC(CCC)CC6)cc5)cc5ccccc5c3-4)cc2)CC1. The highest BCUT2D eigenvalue weighted by Gasteiger charge is 2.29. The summed E-state index contributed by atoms with van der Waals surface area (Å²) in [6, 6.07) is 39.1. The average molecular weight is 811 g/mol. The van der Waals surface area contributed by atoms with E-state index in [9.17, 15) is 9.59 Å². The van der Waals surface area contributed by atoms with E-state index < -0.39 is 0 Å². The molecule has 1 aliphatic heterocycles. The van der Waals surface area contributed by atoms with Crippen LogP contribution in [0.25, 0.3) is 54.9 Å². The van der Waals surface area contributed by atoms with Gasteiger partial charge in [0.25, 0.3) is 0 Å². The van der Waals surface area contributed by atoms with Crippen molar-refractivity contribution in [2.45, 2.75) is 135 Å². The molecule has 0 N–H and O–H groups in total. The summed E-state index contributed by atoms with van der Waals surface area (Å²) in [5, 5.41) is 3.94. The number of carbonyl (C=O) groups is 2. The Kier molecular flexibility index (Phi) is 12.7. The highest BCUT2D eigenvalue weighted by atomic mass is 16.5. The molecule has 6 aromatic carbocycles. The van der Waals surface area contributed by atoms with Crippen LogP contribution in [0.15, 0.2) is 109 Å². The predicted octanol–water partition coefficient (Wildman–Crippen LogP) is 15.9. The zero-order valence-corrected chi connectivity index (χ0v) is 36.4. The third kappa shape index (κ3) is 8.92. The van der Waals surface area contributed by atoms with Gasteiger partial charge in [0, 0.05) is 35.1 Å². The van der Waals surface area contributed by atoms with Crippen molar-refractivity contribution < 1.29 is 19.1 Å². The van der Waals surface area contributed by atoms with Gasteiger partial charge in [0.15, 0.2) is 0 Å². The Morgan fingerprint density at radius 3 is 1.26 bits per heavy atom. The molecule has 0 spiro atoms. The number of hydrogen-bond acceptors (Lipinski definition) is 4. The number of carbonyl (C=O) groups excluding carboxylic acids is 2. The zero-order chi connectivity index (χ0) is 41.7. The van der Waals surface area contributed by atoms with Gasteiger partial charge in [-0.3, -0.25) is 9.59 Å². The Morgan fingerprint density at radius 2 is 0.869 bits per heavy atom. The van der Waals surface area contributed by atoms with E-state index in [4.69, 9.17) is 9.47 Å². The van der Waals surface area contributed by atoms with Gasteiger partial charge in [-0.1, -0.05) is 143 Å². The number of rotatable bonds is 8. The van der Waals surface area contributed by atoms with Crippen LogP contribution in [0.5, 0.6) is 11.5 Å². The van der Waals surface area contributed by atoms with E-state index in [2.05, 4.69) is 111 Å². The van der Waals surface area contributed by atoms with Crippen molar-refractivity contribution in [1.82, 2.24) is 0 Å². The van der Waals surface area contributed by atoms with Gasteiger partial charge in [0.2, 0.25) is 0 Å². The van der Waals surface area contributed by atoms with Gasteiger partial charge >= 0.3 is 11.9 Å². The molecule has 0 bridgehead atoms. The molecule has 0 unspecified atom stereocenters. The fourth-order valence-electron chi connectivity index (χ4n) is 11.1. The summed E-state index contributed by atoms with van der Waals surface area (Å²) in [6.07, 6.45) is 18.0. The molecule has 0 amide bonds. The monoisotopic (exact) mass is 810 g/mol. The lowest BCUT2D eigenvalue weighted by atomic mass is 9.77. The lowest BCUT2D eigenvalue weighted by Gasteiger charge is -2.29. The second kappa shape index (κ2) is 18.8. The largest absolute Gasteiger partial charge is 0.425 e. The fourth-order valence-corrected chi connectivity index (χ4v) is 11.1. The maximum absolute atomic E-state index is 14.0. The smallest absolute Gasteiger partial charge is 0.311 e. The maximum Gasteiger partial charge on any atom is 0.311 e. The van der Waals surface area contributed by atoms with Crippen molar-refractivity contribution in [2.24, 2.45) is 11.8 Å². The van der Waals surface area contributed by atoms with E-state index in [1.165, 1.54) is 88.2 Å². The second-order valence-electron chi connectivity index (χ2n) is 18.5. The topological polar surface area (TPSA) is 52.6 Å². The molecule has 0 saturated heterocycles. The van der Waals surface area contributed by atoms with Crippen LogP contribution in [-0.2, 0) is 9.59 Å². The molecule has 61 heavy (non-hydrogen) atoms. The molecule has 0 atom stereocenters. The highest BCUT2D eigenvalue weighted by molar-refractivity contribution is 6.15. The molecular formula is C57H62O4. The summed E-state index contributed by atoms with van der Waals surface area (Å²) in [4.78, 5) is 28.0. The minimum Gasteiger partial charge on any atom is -0.425 e. The third-order valence-corrected chi connectivity index (χ3v) is 14.4. The van der Waals surface area contributed by atoms with Crippen molar-refractivity contribution in [1.29, 1.82) is 0 Å². The first-order valence-corrected chi connectivity index (χ1v) is 23.7. The Labute approximate surface area is 363 Å². The Bertz CT molecular complexity index is 2300. The summed E-state index contributed by atoms with van der Waals surface area (Å²) in [5.41, 5.74) is 8.06. The number of hydrogen-bond donors (Lipinski definition) is 0. The van der Waals surface area contributed by atoms with E-state index >= 15 is 0 Å². The van der Waals surface area contributed by atoms with Crippen LogP contribution in [0, 0.1) is 11.8 Å². The summed E-state index contributed by atoms with van der Waals surface area (Å²) in [7, 11) is 0. The van der Waals surface area contributed by atoms with Gasteiger partial charge in [0.1, 0.15) is 11.5 Å².